The van der Waals surface area contributed by atoms with Crippen molar-refractivity contribution in [2.45, 2.75) is 44.0 Å². The van der Waals surface area contributed by atoms with Crippen molar-refractivity contribution in [3.05, 3.63) is 65.2 Å². The highest BCUT2D eigenvalue weighted by Gasteiger charge is 2.37. The second-order valence-electron chi connectivity index (χ2n) is 6.95. The normalized spacial score (nSPS) is 17.3. The minimum absolute atomic E-state index is 0.123. The molecule has 0 fully saturated rings. The summed E-state index contributed by atoms with van der Waals surface area (Å²) < 4.78 is 28.1. The molecule has 1 aliphatic rings. The maximum Gasteiger partial charge on any atom is 0.243 e. The van der Waals surface area contributed by atoms with Crippen molar-refractivity contribution in [1.29, 1.82) is 0 Å². The van der Waals surface area contributed by atoms with Gasteiger partial charge in [0, 0.05) is 19.5 Å². The number of carbonyl (C=O) groups is 1. The molecule has 0 spiro atoms. The summed E-state index contributed by atoms with van der Waals surface area (Å²) in [6.07, 6.45) is 1.62. The molecular weight excluding hydrogens is 360 g/mol. The Morgan fingerprint density at radius 3 is 2.56 bits per heavy atom. The number of amides is 1. The van der Waals surface area contributed by atoms with Crippen LogP contribution in [0.25, 0.3) is 0 Å². The van der Waals surface area contributed by atoms with Crippen molar-refractivity contribution < 1.29 is 13.2 Å². The summed E-state index contributed by atoms with van der Waals surface area (Å²) >= 11 is 0. The number of carbonyl (C=O) groups excluding carboxylic acids is 1. The molecular formula is C21H26N2O3S. The van der Waals surface area contributed by atoms with Crippen molar-refractivity contribution in [2.75, 3.05) is 13.1 Å². The van der Waals surface area contributed by atoms with Crippen LogP contribution >= 0.6 is 0 Å². The lowest BCUT2D eigenvalue weighted by atomic mass is 9.92. The molecule has 1 heterocycles. The topological polar surface area (TPSA) is 66.5 Å². The molecule has 0 aromatic heterocycles. The average molecular weight is 387 g/mol. The molecule has 6 heteroatoms. The fraction of sp³-hybridized carbons (Fsp3) is 0.381. The van der Waals surface area contributed by atoms with Gasteiger partial charge < -0.3 is 5.32 Å². The van der Waals surface area contributed by atoms with Crippen LogP contribution in [0, 0.1) is 6.92 Å². The standard InChI is InChI=1S/C21H26N2O3S/c1-3-13-22-21(24)15-20-19-7-5-4-6-17(19)12-14-23(20)27(25,26)18-10-8-16(2)9-11-18/h4-11,20H,3,12-15H2,1-2H3,(H,22,24). The molecule has 1 unspecified atom stereocenters. The van der Waals surface area contributed by atoms with E-state index in [9.17, 15) is 13.2 Å². The summed E-state index contributed by atoms with van der Waals surface area (Å²) in [4.78, 5) is 12.7. The molecule has 1 N–H and O–H groups in total. The van der Waals surface area contributed by atoms with Crippen LogP contribution in [-0.2, 0) is 21.2 Å². The Bertz CT molecular complexity index is 907. The van der Waals surface area contributed by atoms with Gasteiger partial charge in [0.15, 0.2) is 0 Å². The Morgan fingerprint density at radius 1 is 1.15 bits per heavy atom. The molecule has 1 atom stereocenters. The molecule has 3 rings (SSSR count). The van der Waals surface area contributed by atoms with Gasteiger partial charge in [-0.1, -0.05) is 48.9 Å². The minimum atomic E-state index is -3.68. The Morgan fingerprint density at radius 2 is 1.85 bits per heavy atom. The van der Waals surface area contributed by atoms with Crippen LogP contribution in [0.5, 0.6) is 0 Å². The van der Waals surface area contributed by atoms with E-state index < -0.39 is 16.1 Å². The van der Waals surface area contributed by atoms with Gasteiger partial charge in [-0.2, -0.15) is 4.31 Å². The minimum Gasteiger partial charge on any atom is -0.356 e. The predicted molar refractivity (Wildman–Crippen MR) is 106 cm³/mol. The Labute approximate surface area is 161 Å². The Balaban J connectivity index is 1.97. The van der Waals surface area contributed by atoms with Crippen LogP contribution in [0.1, 0.15) is 42.5 Å². The smallest absolute Gasteiger partial charge is 0.243 e. The van der Waals surface area contributed by atoms with E-state index in [-0.39, 0.29) is 17.2 Å². The molecule has 1 aliphatic heterocycles. The van der Waals surface area contributed by atoms with Crippen LogP contribution in [0.15, 0.2) is 53.4 Å². The number of rotatable bonds is 6. The fourth-order valence-corrected chi connectivity index (χ4v) is 5.09. The Hall–Kier alpha value is -2.18. The summed E-state index contributed by atoms with van der Waals surface area (Å²) in [7, 11) is -3.68. The number of nitrogens with one attached hydrogen (secondary N) is 1. The van der Waals surface area contributed by atoms with Gasteiger partial charge in [0.2, 0.25) is 15.9 Å². The molecule has 144 valence electrons. The number of nitrogens with zero attached hydrogens (tertiary/aromatic N) is 1. The van der Waals surface area contributed by atoms with Crippen LogP contribution < -0.4 is 5.32 Å². The lowest BCUT2D eigenvalue weighted by molar-refractivity contribution is -0.122. The van der Waals surface area contributed by atoms with Crippen molar-refractivity contribution in [2.24, 2.45) is 0 Å². The quantitative estimate of drug-likeness (QED) is 0.829. The molecule has 27 heavy (non-hydrogen) atoms. The number of hydrogen-bond acceptors (Lipinski definition) is 3. The highest BCUT2D eigenvalue weighted by atomic mass is 32.2. The average Bonchev–Trinajstić information content (AvgIpc) is 2.66. The molecule has 0 saturated heterocycles. The van der Waals surface area contributed by atoms with Crippen LogP contribution in [-0.4, -0.2) is 31.7 Å². The predicted octanol–water partition coefficient (Wildman–Crippen LogP) is 3.20. The van der Waals surface area contributed by atoms with Crippen LogP contribution in [0.2, 0.25) is 0 Å². The summed E-state index contributed by atoms with van der Waals surface area (Å²) in [5.74, 6) is -0.123. The van der Waals surface area contributed by atoms with E-state index >= 15 is 0 Å². The summed E-state index contributed by atoms with van der Waals surface area (Å²) in [6, 6.07) is 14.2. The molecule has 5 nitrogen and oxygen atoms in total. The lowest BCUT2D eigenvalue weighted by Crippen LogP contribution is -2.42. The van der Waals surface area contributed by atoms with E-state index in [1.807, 2.05) is 38.1 Å². The van der Waals surface area contributed by atoms with E-state index in [1.54, 1.807) is 24.3 Å². The second-order valence-corrected chi connectivity index (χ2v) is 8.84. The third-order valence-electron chi connectivity index (χ3n) is 4.94. The van der Waals surface area contributed by atoms with Gasteiger partial charge >= 0.3 is 0 Å². The number of benzene rings is 2. The monoisotopic (exact) mass is 386 g/mol. The fourth-order valence-electron chi connectivity index (χ4n) is 3.49. The number of aryl methyl sites for hydroxylation is 1. The first-order valence-corrected chi connectivity index (χ1v) is 10.8. The Kier molecular flexibility index (Phi) is 5.97. The molecule has 0 saturated carbocycles. The van der Waals surface area contributed by atoms with Gasteiger partial charge in [-0.25, -0.2) is 8.42 Å². The highest BCUT2D eigenvalue weighted by molar-refractivity contribution is 7.89. The molecule has 0 bridgehead atoms. The molecule has 2 aromatic rings. The van der Waals surface area contributed by atoms with E-state index in [1.165, 1.54) is 4.31 Å². The second kappa shape index (κ2) is 8.23. The first-order chi connectivity index (χ1) is 12.9. The third-order valence-corrected chi connectivity index (χ3v) is 6.86. The van der Waals surface area contributed by atoms with E-state index in [0.717, 1.165) is 23.1 Å². The van der Waals surface area contributed by atoms with Crippen LogP contribution in [0.4, 0.5) is 0 Å². The maximum absolute atomic E-state index is 13.3. The van der Waals surface area contributed by atoms with E-state index in [4.69, 9.17) is 0 Å². The molecule has 0 aliphatic carbocycles. The van der Waals surface area contributed by atoms with Gasteiger partial charge in [0.05, 0.1) is 10.9 Å². The zero-order valence-corrected chi connectivity index (χ0v) is 16.6. The van der Waals surface area contributed by atoms with Gasteiger partial charge in [-0.3, -0.25) is 4.79 Å². The van der Waals surface area contributed by atoms with Gasteiger partial charge in [0.1, 0.15) is 0 Å². The van der Waals surface area contributed by atoms with Crippen molar-refractivity contribution >= 4 is 15.9 Å². The van der Waals surface area contributed by atoms with Gasteiger partial charge in [0.25, 0.3) is 0 Å². The zero-order chi connectivity index (χ0) is 19.4. The first kappa shape index (κ1) is 19.6. The van der Waals surface area contributed by atoms with Gasteiger partial charge in [-0.15, -0.1) is 0 Å². The number of sulfonamides is 1. The summed E-state index contributed by atoms with van der Waals surface area (Å²) in [5, 5.41) is 2.87. The highest BCUT2D eigenvalue weighted by Crippen LogP contribution is 2.36. The summed E-state index contributed by atoms with van der Waals surface area (Å²) in [6.45, 7) is 4.88. The van der Waals surface area contributed by atoms with E-state index in [0.29, 0.717) is 19.5 Å². The number of hydrogen-bond donors (Lipinski definition) is 1. The lowest BCUT2D eigenvalue weighted by Gasteiger charge is -2.36. The summed E-state index contributed by atoms with van der Waals surface area (Å²) in [5.41, 5.74) is 3.04. The third kappa shape index (κ3) is 4.22. The first-order valence-electron chi connectivity index (χ1n) is 9.36. The molecule has 2 aromatic carbocycles. The number of fused-ring (bicyclic) bond motifs is 1. The van der Waals surface area contributed by atoms with Crippen LogP contribution in [0.3, 0.4) is 0 Å². The van der Waals surface area contributed by atoms with E-state index in [2.05, 4.69) is 5.32 Å². The SMILES string of the molecule is CCCNC(=O)CC1c2ccccc2CCN1S(=O)(=O)c1ccc(C)cc1. The molecule has 1 amide bonds. The molecule has 0 radical (unpaired) electrons. The van der Waals surface area contributed by atoms with Crippen molar-refractivity contribution in [1.82, 2.24) is 9.62 Å². The van der Waals surface area contributed by atoms with Crippen molar-refractivity contribution in [3.63, 3.8) is 0 Å². The zero-order valence-electron chi connectivity index (χ0n) is 15.8. The largest absolute Gasteiger partial charge is 0.356 e. The van der Waals surface area contributed by atoms with Gasteiger partial charge in [-0.05, 0) is 43.0 Å². The van der Waals surface area contributed by atoms with Crippen molar-refractivity contribution in [3.8, 4) is 0 Å². The maximum atomic E-state index is 13.3.